The Kier molecular flexibility index (Phi) is 6.22. The van der Waals surface area contributed by atoms with Crippen molar-refractivity contribution in [2.45, 2.75) is 13.0 Å². The third-order valence-electron chi connectivity index (χ3n) is 4.65. The van der Waals surface area contributed by atoms with Gasteiger partial charge in [-0.3, -0.25) is 20.4 Å². The lowest BCUT2D eigenvalue weighted by Crippen LogP contribution is -2.47. The summed E-state index contributed by atoms with van der Waals surface area (Å²) in [5, 5.41) is 5.11. The molecular formula is C24H21N5O3. The molecule has 0 radical (unpaired) electrons. The summed E-state index contributed by atoms with van der Waals surface area (Å²) in [6.07, 6.45) is 2.42. The molecule has 1 heterocycles. The zero-order valence-corrected chi connectivity index (χ0v) is 17.3. The van der Waals surface area contributed by atoms with Crippen LogP contribution in [0.15, 0.2) is 85.2 Å². The summed E-state index contributed by atoms with van der Waals surface area (Å²) < 4.78 is 5.72. The molecule has 0 saturated heterocycles. The zero-order valence-electron chi connectivity index (χ0n) is 17.3. The molecule has 3 N–H and O–H groups in total. The standard InChI is InChI=1S/C24H21N5O3/c1-16(32-21-11-10-17-6-2-3-7-18(17)15-21)22(30)28-29-23(31)19-8-4-9-20(14-19)27-24-25-12-5-13-26-24/h2-16H,1H3,(H,28,30)(H,29,31)(H,25,26,27)/t16-/m1/s1. The van der Waals surface area contributed by atoms with Gasteiger partial charge in [-0.2, -0.15) is 0 Å². The third kappa shape index (κ3) is 5.17. The van der Waals surface area contributed by atoms with Gasteiger partial charge in [-0.25, -0.2) is 9.97 Å². The minimum atomic E-state index is -0.806. The number of hydrazine groups is 1. The van der Waals surface area contributed by atoms with E-state index in [2.05, 4.69) is 26.1 Å². The Labute approximate surface area is 184 Å². The summed E-state index contributed by atoms with van der Waals surface area (Å²) in [6.45, 7) is 1.61. The van der Waals surface area contributed by atoms with E-state index in [1.807, 2.05) is 36.4 Å². The SMILES string of the molecule is C[C@@H](Oc1ccc2ccccc2c1)C(=O)NNC(=O)c1cccc(Nc2ncccn2)c1. The molecule has 8 nitrogen and oxygen atoms in total. The van der Waals surface area contributed by atoms with Crippen molar-refractivity contribution in [3.05, 3.63) is 90.8 Å². The van der Waals surface area contributed by atoms with Gasteiger partial charge < -0.3 is 10.1 Å². The number of carbonyl (C=O) groups excluding carboxylic acids is 2. The van der Waals surface area contributed by atoms with E-state index in [-0.39, 0.29) is 0 Å². The average Bonchev–Trinajstić information content (AvgIpc) is 2.83. The van der Waals surface area contributed by atoms with Gasteiger partial charge in [0.1, 0.15) is 5.75 Å². The van der Waals surface area contributed by atoms with Crippen LogP contribution in [0.3, 0.4) is 0 Å². The predicted octanol–water partition coefficient (Wildman–Crippen LogP) is 3.60. The summed E-state index contributed by atoms with van der Waals surface area (Å²) in [5.41, 5.74) is 5.81. The number of fused-ring (bicyclic) bond motifs is 1. The minimum absolute atomic E-state index is 0.356. The van der Waals surface area contributed by atoms with Crippen molar-refractivity contribution in [3.63, 3.8) is 0 Å². The Morgan fingerprint density at radius 1 is 0.844 bits per heavy atom. The van der Waals surface area contributed by atoms with Crippen LogP contribution in [0.5, 0.6) is 5.75 Å². The number of anilines is 2. The quantitative estimate of drug-likeness (QED) is 0.406. The molecule has 0 bridgehead atoms. The van der Waals surface area contributed by atoms with Gasteiger partial charge in [0.25, 0.3) is 11.8 Å². The maximum atomic E-state index is 12.5. The largest absolute Gasteiger partial charge is 0.481 e. The number of ether oxygens (including phenoxy) is 1. The van der Waals surface area contributed by atoms with Gasteiger partial charge in [-0.05, 0) is 54.1 Å². The predicted molar refractivity (Wildman–Crippen MR) is 121 cm³/mol. The summed E-state index contributed by atoms with van der Waals surface area (Å²) >= 11 is 0. The van der Waals surface area contributed by atoms with E-state index in [0.717, 1.165) is 10.8 Å². The fourth-order valence-electron chi connectivity index (χ4n) is 3.02. The van der Waals surface area contributed by atoms with E-state index >= 15 is 0 Å². The highest BCUT2D eigenvalue weighted by Gasteiger charge is 2.16. The zero-order chi connectivity index (χ0) is 22.3. The Morgan fingerprint density at radius 2 is 1.62 bits per heavy atom. The topological polar surface area (TPSA) is 105 Å². The molecule has 0 aliphatic heterocycles. The molecule has 0 unspecified atom stereocenters. The molecule has 3 aromatic carbocycles. The third-order valence-corrected chi connectivity index (χ3v) is 4.65. The summed E-state index contributed by atoms with van der Waals surface area (Å²) in [4.78, 5) is 33.0. The van der Waals surface area contributed by atoms with Gasteiger partial charge in [0.05, 0.1) is 0 Å². The van der Waals surface area contributed by atoms with Crippen molar-refractivity contribution in [1.82, 2.24) is 20.8 Å². The first-order valence-electron chi connectivity index (χ1n) is 9.98. The highest BCUT2D eigenvalue weighted by Crippen LogP contribution is 2.21. The number of nitrogens with one attached hydrogen (secondary N) is 3. The first kappa shape index (κ1) is 20.8. The molecule has 4 aromatic rings. The van der Waals surface area contributed by atoms with Crippen molar-refractivity contribution in [3.8, 4) is 5.75 Å². The molecule has 0 saturated carbocycles. The van der Waals surface area contributed by atoms with E-state index in [1.54, 1.807) is 55.7 Å². The summed E-state index contributed by atoms with van der Waals surface area (Å²) in [6, 6.07) is 22.0. The van der Waals surface area contributed by atoms with Crippen LogP contribution in [0.2, 0.25) is 0 Å². The number of benzene rings is 3. The normalized spacial score (nSPS) is 11.4. The molecule has 2 amide bonds. The van der Waals surface area contributed by atoms with Crippen LogP contribution in [0.25, 0.3) is 10.8 Å². The molecular weight excluding hydrogens is 406 g/mol. The second-order valence-corrected chi connectivity index (χ2v) is 6.99. The first-order valence-corrected chi connectivity index (χ1v) is 9.98. The van der Waals surface area contributed by atoms with Crippen LogP contribution >= 0.6 is 0 Å². The Bertz CT molecular complexity index is 1250. The van der Waals surface area contributed by atoms with Gasteiger partial charge in [-0.1, -0.05) is 36.4 Å². The lowest BCUT2D eigenvalue weighted by atomic mass is 10.1. The van der Waals surface area contributed by atoms with E-state index in [1.165, 1.54) is 0 Å². The molecule has 0 aliphatic rings. The van der Waals surface area contributed by atoms with Gasteiger partial charge in [0.15, 0.2) is 6.10 Å². The van der Waals surface area contributed by atoms with Gasteiger partial charge in [-0.15, -0.1) is 0 Å². The van der Waals surface area contributed by atoms with E-state index in [4.69, 9.17) is 4.74 Å². The maximum Gasteiger partial charge on any atom is 0.279 e. The summed E-state index contributed by atoms with van der Waals surface area (Å²) in [5.74, 6) is 0.0463. The number of hydrogen-bond donors (Lipinski definition) is 3. The van der Waals surface area contributed by atoms with Crippen molar-refractivity contribution in [1.29, 1.82) is 0 Å². The molecule has 0 aliphatic carbocycles. The molecule has 32 heavy (non-hydrogen) atoms. The Hall–Kier alpha value is -4.46. The van der Waals surface area contributed by atoms with E-state index < -0.39 is 17.9 Å². The van der Waals surface area contributed by atoms with Crippen molar-refractivity contribution >= 4 is 34.2 Å². The van der Waals surface area contributed by atoms with E-state index in [9.17, 15) is 9.59 Å². The van der Waals surface area contributed by atoms with Crippen LogP contribution in [-0.2, 0) is 4.79 Å². The molecule has 1 atom stereocenters. The van der Waals surface area contributed by atoms with E-state index in [0.29, 0.717) is 22.9 Å². The number of hydrogen-bond acceptors (Lipinski definition) is 6. The molecule has 8 heteroatoms. The van der Waals surface area contributed by atoms with Crippen LogP contribution in [0, 0.1) is 0 Å². The van der Waals surface area contributed by atoms with Crippen molar-refractivity contribution < 1.29 is 14.3 Å². The minimum Gasteiger partial charge on any atom is -0.481 e. The van der Waals surface area contributed by atoms with Gasteiger partial charge in [0.2, 0.25) is 5.95 Å². The van der Waals surface area contributed by atoms with Crippen LogP contribution in [0.1, 0.15) is 17.3 Å². The lowest BCUT2D eigenvalue weighted by Gasteiger charge is -2.16. The maximum absolute atomic E-state index is 12.5. The van der Waals surface area contributed by atoms with Crippen LogP contribution < -0.4 is 20.9 Å². The van der Waals surface area contributed by atoms with Crippen LogP contribution in [0.4, 0.5) is 11.6 Å². The number of nitrogens with zero attached hydrogens (tertiary/aromatic N) is 2. The molecule has 0 spiro atoms. The van der Waals surface area contributed by atoms with Crippen molar-refractivity contribution in [2.75, 3.05) is 5.32 Å². The molecule has 0 fully saturated rings. The lowest BCUT2D eigenvalue weighted by molar-refractivity contribution is -0.128. The smallest absolute Gasteiger partial charge is 0.279 e. The number of amides is 2. The number of rotatable bonds is 6. The average molecular weight is 427 g/mol. The first-order chi connectivity index (χ1) is 15.6. The fraction of sp³-hybridized carbons (Fsp3) is 0.0833. The molecule has 160 valence electrons. The van der Waals surface area contributed by atoms with Crippen molar-refractivity contribution in [2.24, 2.45) is 0 Å². The summed E-state index contributed by atoms with van der Waals surface area (Å²) in [7, 11) is 0. The second kappa shape index (κ2) is 9.57. The highest BCUT2D eigenvalue weighted by molar-refractivity contribution is 5.96. The van der Waals surface area contributed by atoms with Crippen LogP contribution in [-0.4, -0.2) is 27.9 Å². The Balaban J connectivity index is 1.32. The molecule has 1 aromatic heterocycles. The van der Waals surface area contributed by atoms with Gasteiger partial charge >= 0.3 is 0 Å². The highest BCUT2D eigenvalue weighted by atomic mass is 16.5. The monoisotopic (exact) mass is 427 g/mol. The Morgan fingerprint density at radius 3 is 2.44 bits per heavy atom. The number of aromatic nitrogens is 2. The number of carbonyl (C=O) groups is 2. The fourth-order valence-corrected chi connectivity index (χ4v) is 3.02. The second-order valence-electron chi connectivity index (χ2n) is 6.99. The molecule has 4 rings (SSSR count). The van der Waals surface area contributed by atoms with Gasteiger partial charge in [0, 0.05) is 23.6 Å².